The number of halogens is 3. The van der Waals surface area contributed by atoms with Crippen molar-refractivity contribution in [3.8, 4) is 17.2 Å². The van der Waals surface area contributed by atoms with Gasteiger partial charge in [-0.15, -0.1) is 0 Å². The van der Waals surface area contributed by atoms with Crippen LogP contribution in [0, 0.1) is 0 Å². The molecule has 0 aromatic heterocycles. The highest BCUT2D eigenvalue weighted by atomic mass is 19.4. The van der Waals surface area contributed by atoms with Gasteiger partial charge in [-0.25, -0.2) is 4.99 Å². The van der Waals surface area contributed by atoms with Gasteiger partial charge in [0.05, 0.1) is 26.3 Å². The number of hydrogen-bond donors (Lipinski definition) is 2. The zero-order chi connectivity index (χ0) is 20.9. The van der Waals surface area contributed by atoms with E-state index in [4.69, 9.17) is 19.9 Å². The lowest BCUT2D eigenvalue weighted by Crippen LogP contribution is -2.37. The Labute approximate surface area is 166 Å². The monoisotopic (exact) mass is 409 g/mol. The van der Waals surface area contributed by atoms with Gasteiger partial charge in [0, 0.05) is 12.0 Å². The Kier molecular flexibility index (Phi) is 6.36. The number of nitrogens with two attached hydrogens (primary N) is 1. The van der Waals surface area contributed by atoms with Gasteiger partial charge in [0.1, 0.15) is 5.75 Å². The molecule has 1 atom stereocenters. The van der Waals surface area contributed by atoms with Crippen molar-refractivity contribution >= 4 is 5.96 Å². The fraction of sp³-hybridized carbons (Fsp3) is 0.350. The van der Waals surface area contributed by atoms with Gasteiger partial charge in [-0.2, -0.15) is 13.2 Å². The van der Waals surface area contributed by atoms with Gasteiger partial charge < -0.3 is 25.3 Å². The lowest BCUT2D eigenvalue weighted by Gasteiger charge is -2.26. The number of nitrogens with zero attached hydrogens (tertiary/aromatic N) is 1. The Hall–Kier alpha value is -3.10. The third-order valence-electron chi connectivity index (χ3n) is 4.33. The van der Waals surface area contributed by atoms with E-state index in [1.54, 1.807) is 12.1 Å². The average Bonchev–Trinajstić information content (AvgIpc) is 2.70. The first-order chi connectivity index (χ1) is 13.9. The van der Waals surface area contributed by atoms with Crippen molar-refractivity contribution in [3.05, 3.63) is 53.6 Å². The number of fused-ring (bicyclic) bond motifs is 1. The standard InChI is InChI=1S/C20H22F3N3O3/c1-27-18-10-13(6-7-17(18)29-12-20(21,22)23)11-25-19(24)26-15-8-9-28-16-5-3-2-4-14(15)16/h2-7,10,15H,8-9,11-12H2,1H3,(H3,24,25,26). The molecule has 0 fully saturated rings. The minimum absolute atomic E-state index is 0.00335. The summed E-state index contributed by atoms with van der Waals surface area (Å²) in [5.74, 6) is 1.31. The molecule has 29 heavy (non-hydrogen) atoms. The maximum absolute atomic E-state index is 12.3. The van der Waals surface area contributed by atoms with Crippen LogP contribution in [0.1, 0.15) is 23.6 Å². The molecule has 0 saturated heterocycles. The van der Waals surface area contributed by atoms with Gasteiger partial charge in [0.2, 0.25) is 0 Å². The number of aliphatic imine (C=N–C) groups is 1. The van der Waals surface area contributed by atoms with Gasteiger partial charge in [-0.05, 0) is 23.8 Å². The van der Waals surface area contributed by atoms with Gasteiger partial charge >= 0.3 is 6.18 Å². The highest BCUT2D eigenvalue weighted by Gasteiger charge is 2.29. The lowest BCUT2D eigenvalue weighted by molar-refractivity contribution is -0.153. The molecule has 1 unspecified atom stereocenters. The van der Waals surface area contributed by atoms with Gasteiger partial charge in [-0.1, -0.05) is 24.3 Å². The molecule has 0 saturated carbocycles. The van der Waals surface area contributed by atoms with Crippen molar-refractivity contribution in [2.24, 2.45) is 10.7 Å². The Bertz CT molecular complexity index is 872. The predicted octanol–water partition coefficient (Wildman–Crippen LogP) is 3.56. The zero-order valence-electron chi connectivity index (χ0n) is 15.8. The number of nitrogens with one attached hydrogen (secondary N) is 1. The second-order valence-corrected chi connectivity index (χ2v) is 6.46. The minimum Gasteiger partial charge on any atom is -0.493 e. The first-order valence-electron chi connectivity index (χ1n) is 9.00. The van der Waals surface area contributed by atoms with Crippen molar-refractivity contribution < 1.29 is 27.4 Å². The Balaban J connectivity index is 1.63. The van der Waals surface area contributed by atoms with E-state index in [1.165, 1.54) is 13.2 Å². The van der Waals surface area contributed by atoms with Crippen LogP contribution in [0.4, 0.5) is 13.2 Å². The molecule has 0 radical (unpaired) electrons. The molecule has 0 spiro atoms. The number of rotatable bonds is 6. The first-order valence-corrected chi connectivity index (χ1v) is 9.00. The largest absolute Gasteiger partial charge is 0.493 e. The molecule has 3 N–H and O–H groups in total. The van der Waals surface area contributed by atoms with Gasteiger partial charge in [0.15, 0.2) is 24.1 Å². The van der Waals surface area contributed by atoms with Crippen LogP contribution in [-0.4, -0.2) is 32.5 Å². The summed E-state index contributed by atoms with van der Waals surface area (Å²) in [6, 6.07) is 12.3. The molecule has 0 aliphatic carbocycles. The second-order valence-electron chi connectivity index (χ2n) is 6.46. The highest BCUT2D eigenvalue weighted by Crippen LogP contribution is 2.32. The SMILES string of the molecule is COc1cc(CN=C(N)NC2CCOc3ccccc32)ccc1OCC(F)(F)F. The number of methoxy groups -OCH3 is 1. The molecule has 2 aromatic rings. The van der Waals surface area contributed by atoms with Crippen molar-refractivity contribution in [1.82, 2.24) is 5.32 Å². The van der Waals surface area contributed by atoms with Crippen LogP contribution in [0.3, 0.4) is 0 Å². The number of para-hydroxylation sites is 1. The summed E-state index contributed by atoms with van der Waals surface area (Å²) in [5.41, 5.74) is 7.76. The molecule has 3 rings (SSSR count). The summed E-state index contributed by atoms with van der Waals surface area (Å²) in [7, 11) is 1.36. The smallest absolute Gasteiger partial charge is 0.422 e. The molecule has 1 heterocycles. The summed E-state index contributed by atoms with van der Waals surface area (Å²) >= 11 is 0. The number of guanidine groups is 1. The Morgan fingerprint density at radius 2 is 2.03 bits per heavy atom. The van der Waals surface area contributed by atoms with Crippen LogP contribution in [0.2, 0.25) is 0 Å². The highest BCUT2D eigenvalue weighted by molar-refractivity contribution is 5.78. The summed E-state index contributed by atoms with van der Waals surface area (Å²) in [6.45, 7) is -0.567. The van der Waals surface area contributed by atoms with Crippen LogP contribution in [0.15, 0.2) is 47.5 Å². The van der Waals surface area contributed by atoms with Gasteiger partial charge in [-0.3, -0.25) is 0 Å². The van der Waals surface area contributed by atoms with E-state index in [0.29, 0.717) is 6.61 Å². The summed E-state index contributed by atoms with van der Waals surface area (Å²) in [4.78, 5) is 4.32. The molecule has 0 amide bonds. The molecule has 1 aliphatic heterocycles. The number of ether oxygens (including phenoxy) is 3. The van der Waals surface area contributed by atoms with Crippen molar-refractivity contribution in [2.45, 2.75) is 25.2 Å². The van der Waals surface area contributed by atoms with Crippen molar-refractivity contribution in [1.29, 1.82) is 0 Å². The molecule has 0 bridgehead atoms. The van der Waals surface area contributed by atoms with Crippen LogP contribution in [0.5, 0.6) is 17.2 Å². The topological polar surface area (TPSA) is 78.1 Å². The molecule has 1 aliphatic rings. The zero-order valence-corrected chi connectivity index (χ0v) is 15.8. The summed E-state index contributed by atoms with van der Waals surface area (Å²) in [6.07, 6.45) is -3.66. The molecule has 2 aromatic carbocycles. The van der Waals surface area contributed by atoms with E-state index < -0.39 is 12.8 Å². The summed E-state index contributed by atoms with van der Waals surface area (Å²) < 4.78 is 52.5. The van der Waals surface area contributed by atoms with Crippen LogP contribution in [-0.2, 0) is 6.54 Å². The van der Waals surface area contributed by atoms with Crippen molar-refractivity contribution in [2.75, 3.05) is 20.3 Å². The van der Waals surface area contributed by atoms with E-state index in [1.807, 2.05) is 24.3 Å². The lowest BCUT2D eigenvalue weighted by atomic mass is 10.0. The Morgan fingerprint density at radius 1 is 1.24 bits per heavy atom. The summed E-state index contributed by atoms with van der Waals surface area (Å²) in [5, 5.41) is 3.19. The first kappa shape index (κ1) is 20.6. The molecular weight excluding hydrogens is 387 g/mol. The second kappa shape index (κ2) is 8.93. The quantitative estimate of drug-likeness (QED) is 0.564. The van der Waals surface area contributed by atoms with Crippen LogP contribution >= 0.6 is 0 Å². The van der Waals surface area contributed by atoms with Crippen LogP contribution in [0.25, 0.3) is 0 Å². The third kappa shape index (κ3) is 5.69. The Morgan fingerprint density at radius 3 is 2.79 bits per heavy atom. The third-order valence-corrected chi connectivity index (χ3v) is 4.33. The average molecular weight is 409 g/mol. The normalized spacial score (nSPS) is 16.6. The fourth-order valence-electron chi connectivity index (χ4n) is 2.98. The van der Waals surface area contributed by atoms with Gasteiger partial charge in [0.25, 0.3) is 0 Å². The maximum Gasteiger partial charge on any atom is 0.422 e. The molecular formula is C20H22F3N3O3. The van der Waals surface area contributed by atoms with E-state index in [0.717, 1.165) is 23.3 Å². The number of alkyl halides is 3. The van der Waals surface area contributed by atoms with Crippen LogP contribution < -0.4 is 25.3 Å². The van der Waals surface area contributed by atoms with Crippen molar-refractivity contribution in [3.63, 3.8) is 0 Å². The van der Waals surface area contributed by atoms with E-state index in [-0.39, 0.29) is 30.0 Å². The van der Waals surface area contributed by atoms with E-state index in [2.05, 4.69) is 10.3 Å². The molecule has 9 heteroatoms. The molecule has 6 nitrogen and oxygen atoms in total. The number of benzene rings is 2. The van der Waals surface area contributed by atoms with E-state index in [9.17, 15) is 13.2 Å². The fourth-order valence-corrected chi connectivity index (χ4v) is 2.98. The van der Waals surface area contributed by atoms with E-state index >= 15 is 0 Å². The number of hydrogen-bond acceptors (Lipinski definition) is 4. The predicted molar refractivity (Wildman–Crippen MR) is 102 cm³/mol. The maximum atomic E-state index is 12.3. The minimum atomic E-state index is -4.42. The molecule has 156 valence electrons.